The Bertz CT molecular complexity index is 1010. The molecule has 1 aliphatic heterocycles. The van der Waals surface area contributed by atoms with Crippen molar-refractivity contribution in [2.75, 3.05) is 26.3 Å². The van der Waals surface area contributed by atoms with E-state index in [4.69, 9.17) is 4.74 Å². The highest BCUT2D eigenvalue weighted by molar-refractivity contribution is 7.89. The molecule has 0 radical (unpaired) electrons. The number of rotatable bonds is 5. The van der Waals surface area contributed by atoms with Crippen molar-refractivity contribution < 1.29 is 17.9 Å². The van der Waals surface area contributed by atoms with Crippen LogP contribution in [-0.2, 0) is 14.8 Å². The molecule has 0 unspecified atom stereocenters. The van der Waals surface area contributed by atoms with Crippen LogP contribution in [-0.4, -0.2) is 44.9 Å². The lowest BCUT2D eigenvalue weighted by Crippen LogP contribution is -2.41. The summed E-state index contributed by atoms with van der Waals surface area (Å²) in [5, 5.41) is 2.98. The first-order chi connectivity index (χ1) is 13.7. The minimum Gasteiger partial charge on any atom is -0.379 e. The average molecular weight is 417 g/mol. The number of amides is 1. The third-order valence-electron chi connectivity index (χ3n) is 5.28. The summed E-state index contributed by atoms with van der Waals surface area (Å²) in [4.78, 5) is 13.0. The van der Waals surface area contributed by atoms with Gasteiger partial charge in [-0.15, -0.1) is 0 Å². The van der Waals surface area contributed by atoms with Crippen LogP contribution in [0.2, 0.25) is 0 Å². The van der Waals surface area contributed by atoms with Gasteiger partial charge in [-0.05, 0) is 56.5 Å². The summed E-state index contributed by atoms with van der Waals surface area (Å²) in [7, 11) is -3.67. The van der Waals surface area contributed by atoms with E-state index in [9.17, 15) is 13.2 Å². The maximum Gasteiger partial charge on any atom is 0.251 e. The maximum atomic E-state index is 13.0. The van der Waals surface area contributed by atoms with Crippen molar-refractivity contribution in [1.29, 1.82) is 0 Å². The second-order valence-electron chi connectivity index (χ2n) is 7.55. The normalized spacial score (nSPS) is 16.4. The molecule has 1 N–H and O–H groups in total. The van der Waals surface area contributed by atoms with Gasteiger partial charge in [0.15, 0.2) is 0 Å². The number of nitrogens with one attached hydrogen (secondary N) is 1. The summed E-state index contributed by atoms with van der Waals surface area (Å²) in [5.41, 5.74) is 4.27. The molecule has 156 valence electrons. The molecule has 0 aliphatic carbocycles. The Labute approximate surface area is 172 Å². The van der Waals surface area contributed by atoms with Gasteiger partial charge in [-0.1, -0.05) is 29.8 Å². The summed E-state index contributed by atoms with van der Waals surface area (Å²) < 4.78 is 32.8. The van der Waals surface area contributed by atoms with Gasteiger partial charge >= 0.3 is 0 Å². The van der Waals surface area contributed by atoms with Crippen LogP contribution < -0.4 is 5.32 Å². The molecular weight excluding hydrogens is 388 g/mol. The van der Waals surface area contributed by atoms with E-state index in [1.54, 1.807) is 19.1 Å². The molecule has 6 nitrogen and oxygen atoms in total. The molecular formula is C22H28N2O4S. The van der Waals surface area contributed by atoms with Crippen molar-refractivity contribution in [2.24, 2.45) is 0 Å². The maximum absolute atomic E-state index is 13.0. The van der Waals surface area contributed by atoms with Crippen molar-refractivity contribution in [1.82, 2.24) is 9.62 Å². The van der Waals surface area contributed by atoms with Gasteiger partial charge in [-0.25, -0.2) is 8.42 Å². The van der Waals surface area contributed by atoms with Crippen molar-refractivity contribution in [3.05, 3.63) is 64.2 Å². The van der Waals surface area contributed by atoms with E-state index in [1.165, 1.54) is 15.9 Å². The first-order valence-electron chi connectivity index (χ1n) is 9.76. The molecule has 0 saturated carbocycles. The highest BCUT2D eigenvalue weighted by Gasteiger charge is 2.28. The van der Waals surface area contributed by atoms with Crippen molar-refractivity contribution in [2.45, 2.75) is 38.6 Å². The molecule has 1 heterocycles. The standard InChI is InChI=1S/C22H28N2O4S/c1-15-5-8-20(17(3)13-15)18(4)23-22(25)19-7-6-16(2)21(14-19)29(26,27)24-9-11-28-12-10-24/h5-8,13-14,18H,9-12H2,1-4H3,(H,23,25)/t18-/m0/s1. The second kappa shape index (κ2) is 8.65. The molecule has 1 aliphatic rings. The van der Waals surface area contributed by atoms with E-state index in [-0.39, 0.29) is 16.8 Å². The fraction of sp³-hybridized carbons (Fsp3) is 0.409. The van der Waals surface area contributed by atoms with E-state index in [1.807, 2.05) is 32.9 Å². The molecule has 1 fully saturated rings. The van der Waals surface area contributed by atoms with Crippen LogP contribution in [0.4, 0.5) is 0 Å². The Morgan fingerprint density at radius 1 is 1.03 bits per heavy atom. The Morgan fingerprint density at radius 2 is 1.72 bits per heavy atom. The molecule has 1 amide bonds. The van der Waals surface area contributed by atoms with Gasteiger partial charge in [0.25, 0.3) is 5.91 Å². The molecule has 0 aromatic heterocycles. The number of carbonyl (C=O) groups excluding carboxylic acids is 1. The first kappa shape index (κ1) is 21.5. The molecule has 29 heavy (non-hydrogen) atoms. The lowest BCUT2D eigenvalue weighted by molar-refractivity contribution is 0.0730. The zero-order valence-corrected chi connectivity index (χ0v) is 18.2. The van der Waals surface area contributed by atoms with Gasteiger partial charge in [0.1, 0.15) is 0 Å². The summed E-state index contributed by atoms with van der Waals surface area (Å²) in [5.74, 6) is -0.295. The van der Waals surface area contributed by atoms with Crippen LogP contribution in [0.5, 0.6) is 0 Å². The Balaban J connectivity index is 1.84. The van der Waals surface area contributed by atoms with Gasteiger partial charge in [0.2, 0.25) is 10.0 Å². The number of nitrogens with zero attached hydrogens (tertiary/aromatic N) is 1. The van der Waals surface area contributed by atoms with E-state index in [2.05, 4.69) is 11.4 Å². The van der Waals surface area contributed by atoms with E-state index >= 15 is 0 Å². The number of morpholine rings is 1. The SMILES string of the molecule is Cc1ccc([C@H](C)NC(=O)c2ccc(C)c(S(=O)(=O)N3CCOCC3)c2)c(C)c1. The number of carbonyl (C=O) groups is 1. The Hall–Kier alpha value is -2.22. The molecule has 0 spiro atoms. The van der Waals surface area contributed by atoms with Crippen LogP contribution in [0.1, 0.15) is 45.6 Å². The number of hydrogen-bond acceptors (Lipinski definition) is 4. The van der Waals surface area contributed by atoms with Crippen LogP contribution >= 0.6 is 0 Å². The summed E-state index contributed by atoms with van der Waals surface area (Å²) >= 11 is 0. The molecule has 2 aromatic rings. The van der Waals surface area contributed by atoms with Crippen LogP contribution in [0, 0.1) is 20.8 Å². The smallest absolute Gasteiger partial charge is 0.251 e. The number of benzene rings is 2. The van der Waals surface area contributed by atoms with Crippen molar-refractivity contribution in [3.8, 4) is 0 Å². The lowest BCUT2D eigenvalue weighted by Gasteiger charge is -2.27. The first-order valence-corrected chi connectivity index (χ1v) is 11.2. The zero-order chi connectivity index (χ0) is 21.2. The van der Waals surface area contributed by atoms with E-state index in [0.29, 0.717) is 37.4 Å². The minimum absolute atomic E-state index is 0.172. The monoisotopic (exact) mass is 416 g/mol. The molecule has 1 atom stereocenters. The Kier molecular flexibility index (Phi) is 6.41. The van der Waals surface area contributed by atoms with Gasteiger partial charge in [0, 0.05) is 18.7 Å². The topological polar surface area (TPSA) is 75.7 Å². The van der Waals surface area contributed by atoms with Gasteiger partial charge in [-0.3, -0.25) is 4.79 Å². The number of ether oxygens (including phenoxy) is 1. The molecule has 1 saturated heterocycles. The summed E-state index contributed by atoms with van der Waals surface area (Å²) in [6, 6.07) is 10.7. The van der Waals surface area contributed by atoms with E-state index < -0.39 is 10.0 Å². The van der Waals surface area contributed by atoms with Crippen LogP contribution in [0.15, 0.2) is 41.3 Å². The fourth-order valence-corrected chi connectivity index (χ4v) is 5.27. The molecule has 3 rings (SSSR count). The predicted octanol–water partition coefficient (Wildman–Crippen LogP) is 3.12. The predicted molar refractivity (Wildman–Crippen MR) is 113 cm³/mol. The van der Waals surface area contributed by atoms with Crippen LogP contribution in [0.3, 0.4) is 0 Å². The van der Waals surface area contributed by atoms with Gasteiger partial charge < -0.3 is 10.1 Å². The van der Waals surface area contributed by atoms with Crippen molar-refractivity contribution in [3.63, 3.8) is 0 Å². The quantitative estimate of drug-likeness (QED) is 0.813. The van der Waals surface area contributed by atoms with Gasteiger partial charge in [-0.2, -0.15) is 4.31 Å². The summed E-state index contributed by atoms with van der Waals surface area (Å²) in [6.07, 6.45) is 0. The summed E-state index contributed by atoms with van der Waals surface area (Å²) in [6.45, 7) is 9.12. The molecule has 0 bridgehead atoms. The largest absolute Gasteiger partial charge is 0.379 e. The molecule has 7 heteroatoms. The third-order valence-corrected chi connectivity index (χ3v) is 7.32. The number of aryl methyl sites for hydroxylation is 3. The minimum atomic E-state index is -3.67. The third kappa shape index (κ3) is 4.69. The molecule has 2 aromatic carbocycles. The zero-order valence-electron chi connectivity index (χ0n) is 17.4. The number of sulfonamides is 1. The average Bonchev–Trinajstić information content (AvgIpc) is 2.68. The van der Waals surface area contributed by atoms with Crippen molar-refractivity contribution >= 4 is 15.9 Å². The highest BCUT2D eigenvalue weighted by Crippen LogP contribution is 2.23. The lowest BCUT2D eigenvalue weighted by atomic mass is 10.00. The van der Waals surface area contributed by atoms with Gasteiger partial charge in [0.05, 0.1) is 24.2 Å². The Morgan fingerprint density at radius 3 is 2.38 bits per heavy atom. The van der Waals surface area contributed by atoms with E-state index in [0.717, 1.165) is 11.1 Å². The number of hydrogen-bond donors (Lipinski definition) is 1. The highest BCUT2D eigenvalue weighted by atomic mass is 32.2. The second-order valence-corrected chi connectivity index (χ2v) is 9.46. The van der Waals surface area contributed by atoms with Crippen LogP contribution in [0.25, 0.3) is 0 Å². The fourth-order valence-electron chi connectivity index (χ4n) is 3.61.